The van der Waals surface area contributed by atoms with Gasteiger partial charge >= 0.3 is 7.12 Å². The van der Waals surface area contributed by atoms with Crippen LogP contribution in [0.25, 0.3) is 11.2 Å². The number of pyridine rings is 1. The molecule has 0 radical (unpaired) electrons. The summed E-state index contributed by atoms with van der Waals surface area (Å²) in [5.41, 5.74) is 2.40. The molecule has 3 heterocycles. The van der Waals surface area contributed by atoms with Crippen LogP contribution in [0.1, 0.15) is 34.1 Å². The number of allylic oxidation sites excluding steroid dienone is 1. The van der Waals surface area contributed by atoms with Crippen LogP contribution in [0, 0.1) is 0 Å². The molecule has 1 fully saturated rings. The third kappa shape index (κ3) is 1.79. The number of dihydropyridines is 1. The standard InChI is InChI=1S/C17H19BN2O2/c1-16(2)17(3,4)22-18(21-16)13-11-7-5-9-19-14(11)15-12(13)8-6-10-20-15/h5,7-10H,6H2,1-4H3. The first-order valence-electron chi connectivity index (χ1n) is 7.69. The third-order valence-corrected chi connectivity index (χ3v) is 5.00. The summed E-state index contributed by atoms with van der Waals surface area (Å²) < 4.78 is 12.5. The maximum Gasteiger partial charge on any atom is 0.496 e. The molecular weight excluding hydrogens is 275 g/mol. The molecule has 1 aromatic heterocycles. The number of hydrogen-bond donors (Lipinski definition) is 0. The van der Waals surface area contributed by atoms with Gasteiger partial charge in [-0.25, -0.2) is 0 Å². The van der Waals surface area contributed by atoms with Gasteiger partial charge in [-0.05, 0) is 39.3 Å². The topological polar surface area (TPSA) is 43.7 Å². The number of nitrogens with zero attached hydrogens (tertiary/aromatic N) is 2. The van der Waals surface area contributed by atoms with E-state index in [2.05, 4.69) is 49.8 Å². The van der Waals surface area contributed by atoms with E-state index >= 15 is 0 Å². The van der Waals surface area contributed by atoms with Crippen molar-refractivity contribution in [2.75, 3.05) is 0 Å². The first-order valence-corrected chi connectivity index (χ1v) is 7.69. The van der Waals surface area contributed by atoms with Crippen molar-refractivity contribution in [1.29, 1.82) is 0 Å². The van der Waals surface area contributed by atoms with Gasteiger partial charge in [0.25, 0.3) is 0 Å². The molecule has 0 amide bonds. The van der Waals surface area contributed by atoms with Crippen LogP contribution < -0.4 is 10.6 Å². The van der Waals surface area contributed by atoms with Gasteiger partial charge in [0.15, 0.2) is 0 Å². The molecule has 0 atom stereocenters. The minimum absolute atomic E-state index is 0.353. The molecule has 1 aliphatic carbocycles. The highest BCUT2D eigenvalue weighted by Crippen LogP contribution is 2.41. The molecule has 1 saturated heterocycles. The summed E-state index contributed by atoms with van der Waals surface area (Å²) in [6.07, 6.45) is 6.74. The van der Waals surface area contributed by atoms with Crippen LogP contribution >= 0.6 is 0 Å². The van der Waals surface area contributed by atoms with Gasteiger partial charge in [0.2, 0.25) is 0 Å². The number of aliphatic imine (C=N–C) groups is 1. The zero-order chi connectivity index (χ0) is 15.5. The second-order valence-corrected chi connectivity index (χ2v) is 6.92. The van der Waals surface area contributed by atoms with Crippen molar-refractivity contribution in [3.63, 3.8) is 0 Å². The molecule has 0 spiro atoms. The van der Waals surface area contributed by atoms with Gasteiger partial charge in [-0.2, -0.15) is 0 Å². The van der Waals surface area contributed by atoms with Crippen LogP contribution in [0.2, 0.25) is 0 Å². The van der Waals surface area contributed by atoms with Gasteiger partial charge in [0.05, 0.1) is 22.2 Å². The summed E-state index contributed by atoms with van der Waals surface area (Å²) in [6, 6.07) is 4.02. The van der Waals surface area contributed by atoms with Crippen molar-refractivity contribution >= 4 is 24.5 Å². The van der Waals surface area contributed by atoms with E-state index in [-0.39, 0.29) is 18.3 Å². The van der Waals surface area contributed by atoms with Crippen LogP contribution in [0.3, 0.4) is 0 Å². The molecule has 2 aliphatic heterocycles. The van der Waals surface area contributed by atoms with E-state index in [0.29, 0.717) is 0 Å². The number of hydrogen-bond acceptors (Lipinski definition) is 4. The number of rotatable bonds is 1. The molecule has 22 heavy (non-hydrogen) atoms. The maximum atomic E-state index is 6.26. The van der Waals surface area contributed by atoms with E-state index in [1.807, 2.05) is 12.3 Å². The lowest BCUT2D eigenvalue weighted by Crippen LogP contribution is -2.41. The fraction of sp³-hybridized carbons (Fsp3) is 0.412. The number of fused-ring (bicyclic) bond motifs is 2. The quantitative estimate of drug-likeness (QED) is 0.735. The minimum Gasteiger partial charge on any atom is -0.399 e. The average Bonchev–Trinajstić information content (AvgIpc) is 2.90. The van der Waals surface area contributed by atoms with Gasteiger partial charge in [-0.1, -0.05) is 12.1 Å². The highest BCUT2D eigenvalue weighted by Gasteiger charge is 2.53. The van der Waals surface area contributed by atoms with Gasteiger partial charge < -0.3 is 9.31 Å². The molecule has 4 rings (SSSR count). The molecular formula is C17H19BN2O2. The third-order valence-electron chi connectivity index (χ3n) is 5.00. The summed E-state index contributed by atoms with van der Waals surface area (Å²) in [7, 11) is -0.384. The van der Waals surface area contributed by atoms with Crippen molar-refractivity contribution in [1.82, 2.24) is 4.98 Å². The normalized spacial score (nSPS) is 24.4. The Morgan fingerprint density at radius 1 is 1.14 bits per heavy atom. The molecule has 5 heteroatoms. The summed E-state index contributed by atoms with van der Waals surface area (Å²) in [5, 5.41) is 2.00. The lowest BCUT2D eigenvalue weighted by Gasteiger charge is -2.32. The Bertz CT molecular complexity index is 820. The van der Waals surface area contributed by atoms with Crippen molar-refractivity contribution in [2.24, 2.45) is 4.99 Å². The minimum atomic E-state index is -0.384. The van der Waals surface area contributed by atoms with Crippen LogP contribution in [0.4, 0.5) is 0 Å². The number of aromatic nitrogens is 1. The molecule has 112 valence electrons. The SMILES string of the molecule is CC1(C)OB(C2=c3cccnc3=C3N=CCC=C23)OC1(C)C. The lowest BCUT2D eigenvalue weighted by atomic mass is 9.73. The largest absolute Gasteiger partial charge is 0.496 e. The zero-order valence-corrected chi connectivity index (χ0v) is 13.4. The Hall–Kier alpha value is -1.72. The van der Waals surface area contributed by atoms with E-state index in [1.165, 1.54) is 0 Å². The van der Waals surface area contributed by atoms with Crippen molar-refractivity contribution in [2.45, 2.75) is 45.3 Å². The monoisotopic (exact) mass is 294 g/mol. The Labute approximate surface area is 130 Å². The smallest absolute Gasteiger partial charge is 0.399 e. The fourth-order valence-electron chi connectivity index (χ4n) is 3.08. The van der Waals surface area contributed by atoms with Crippen LogP contribution in [-0.4, -0.2) is 29.5 Å². The van der Waals surface area contributed by atoms with Gasteiger partial charge in [0, 0.05) is 29.5 Å². The first-order chi connectivity index (χ1) is 10.4. The predicted octanol–water partition coefficient (Wildman–Crippen LogP) is 1.39. The second kappa shape index (κ2) is 4.40. The second-order valence-electron chi connectivity index (χ2n) is 6.92. The highest BCUT2D eigenvalue weighted by atomic mass is 16.7. The molecule has 0 aromatic carbocycles. The average molecular weight is 294 g/mol. The van der Waals surface area contributed by atoms with Crippen molar-refractivity contribution in [3.8, 4) is 0 Å². The Balaban J connectivity index is 1.93. The molecule has 3 aliphatic rings. The maximum absolute atomic E-state index is 6.26. The van der Waals surface area contributed by atoms with Gasteiger partial charge in [-0.15, -0.1) is 0 Å². The van der Waals surface area contributed by atoms with Gasteiger partial charge in [0.1, 0.15) is 0 Å². The fourth-order valence-corrected chi connectivity index (χ4v) is 3.08. The van der Waals surface area contributed by atoms with E-state index in [1.54, 1.807) is 6.20 Å². The predicted molar refractivity (Wildman–Crippen MR) is 87.6 cm³/mol. The summed E-state index contributed by atoms with van der Waals surface area (Å²) >= 11 is 0. The van der Waals surface area contributed by atoms with Crippen LogP contribution in [-0.2, 0) is 9.31 Å². The van der Waals surface area contributed by atoms with E-state index in [9.17, 15) is 0 Å². The lowest BCUT2D eigenvalue weighted by molar-refractivity contribution is 0.00578. The molecule has 0 bridgehead atoms. The van der Waals surface area contributed by atoms with Crippen molar-refractivity contribution in [3.05, 3.63) is 40.5 Å². The molecule has 0 unspecified atom stereocenters. The summed E-state index contributed by atoms with van der Waals surface area (Å²) in [4.78, 5) is 9.07. The van der Waals surface area contributed by atoms with Crippen LogP contribution in [0.5, 0.6) is 0 Å². The first kappa shape index (κ1) is 13.9. The summed E-state index contributed by atoms with van der Waals surface area (Å²) in [6.45, 7) is 8.30. The Kier molecular flexibility index (Phi) is 2.78. The Morgan fingerprint density at radius 2 is 1.86 bits per heavy atom. The zero-order valence-electron chi connectivity index (χ0n) is 13.4. The molecule has 1 aromatic rings. The molecule has 4 nitrogen and oxygen atoms in total. The highest BCUT2D eigenvalue weighted by molar-refractivity contribution is 6.69. The van der Waals surface area contributed by atoms with Gasteiger partial charge in [-0.3, -0.25) is 9.98 Å². The van der Waals surface area contributed by atoms with Crippen molar-refractivity contribution < 1.29 is 9.31 Å². The van der Waals surface area contributed by atoms with E-state index in [0.717, 1.165) is 33.7 Å². The van der Waals surface area contributed by atoms with E-state index < -0.39 is 0 Å². The molecule has 0 N–H and O–H groups in total. The summed E-state index contributed by atoms with van der Waals surface area (Å²) in [5.74, 6) is 0. The van der Waals surface area contributed by atoms with Crippen LogP contribution in [0.15, 0.2) is 35.0 Å². The van der Waals surface area contributed by atoms with E-state index in [4.69, 9.17) is 9.31 Å². The Morgan fingerprint density at radius 3 is 2.59 bits per heavy atom. The molecule has 0 saturated carbocycles.